The minimum absolute atomic E-state index is 0.0251. The van der Waals surface area contributed by atoms with Crippen molar-refractivity contribution in [2.75, 3.05) is 26.2 Å². The first-order valence-corrected chi connectivity index (χ1v) is 7.28. The smallest absolute Gasteiger partial charge is 0.401 e. The molecule has 1 N–H and O–H groups in total. The van der Waals surface area contributed by atoms with Crippen molar-refractivity contribution in [2.24, 2.45) is 0 Å². The fourth-order valence-corrected chi connectivity index (χ4v) is 2.14. The largest absolute Gasteiger partial charge is 0.465 e. The van der Waals surface area contributed by atoms with Crippen LogP contribution in [0.15, 0.2) is 0 Å². The molecule has 7 heteroatoms. The predicted octanol–water partition coefficient (Wildman–Crippen LogP) is 2.58. The molecular formula is C14H27F3N2O2. The van der Waals surface area contributed by atoms with Crippen LogP contribution in [0, 0.1) is 0 Å². The van der Waals surface area contributed by atoms with Crippen molar-refractivity contribution in [2.45, 2.75) is 58.8 Å². The Kier molecular flexibility index (Phi) is 8.25. The molecule has 1 unspecified atom stereocenters. The van der Waals surface area contributed by atoms with E-state index in [1.165, 1.54) is 4.90 Å². The lowest BCUT2D eigenvalue weighted by atomic mass is 9.96. The monoisotopic (exact) mass is 312 g/mol. The van der Waals surface area contributed by atoms with E-state index in [0.717, 1.165) is 0 Å². The zero-order valence-electron chi connectivity index (χ0n) is 13.5. The molecule has 0 saturated heterocycles. The van der Waals surface area contributed by atoms with Gasteiger partial charge in [0.2, 0.25) is 0 Å². The molecule has 0 bridgehead atoms. The molecule has 0 aromatic rings. The number of halogens is 3. The highest BCUT2D eigenvalue weighted by molar-refractivity contribution is 5.80. The molecule has 0 rings (SSSR count). The summed E-state index contributed by atoms with van der Waals surface area (Å²) in [6, 6.07) is 0.0251. The van der Waals surface area contributed by atoms with Gasteiger partial charge in [-0.3, -0.25) is 15.0 Å². The lowest BCUT2D eigenvalue weighted by Gasteiger charge is -2.33. The summed E-state index contributed by atoms with van der Waals surface area (Å²) in [5.41, 5.74) is -0.983. The third-order valence-corrected chi connectivity index (χ3v) is 3.11. The van der Waals surface area contributed by atoms with E-state index in [2.05, 4.69) is 5.32 Å². The Morgan fingerprint density at radius 3 is 2.24 bits per heavy atom. The van der Waals surface area contributed by atoms with Gasteiger partial charge in [-0.1, -0.05) is 6.92 Å². The normalized spacial score (nSPS) is 15.3. The zero-order valence-corrected chi connectivity index (χ0v) is 13.5. The molecule has 0 heterocycles. The first-order valence-electron chi connectivity index (χ1n) is 7.28. The van der Waals surface area contributed by atoms with Crippen LogP contribution in [0.1, 0.15) is 41.0 Å². The van der Waals surface area contributed by atoms with E-state index in [9.17, 15) is 18.0 Å². The summed E-state index contributed by atoms with van der Waals surface area (Å²) in [6.45, 7) is 8.53. The second kappa shape index (κ2) is 8.58. The predicted molar refractivity (Wildman–Crippen MR) is 76.1 cm³/mol. The van der Waals surface area contributed by atoms with Gasteiger partial charge in [-0.2, -0.15) is 13.2 Å². The van der Waals surface area contributed by atoms with Crippen LogP contribution in [0.5, 0.6) is 0 Å². The van der Waals surface area contributed by atoms with Crippen LogP contribution in [0.3, 0.4) is 0 Å². The van der Waals surface area contributed by atoms with Crippen LogP contribution in [0.4, 0.5) is 13.2 Å². The first-order chi connectivity index (χ1) is 9.54. The molecule has 0 aliphatic carbocycles. The summed E-state index contributed by atoms with van der Waals surface area (Å²) in [7, 11) is 0. The maximum atomic E-state index is 12.5. The first kappa shape index (κ1) is 20.2. The van der Waals surface area contributed by atoms with Gasteiger partial charge in [0.05, 0.1) is 13.2 Å². The van der Waals surface area contributed by atoms with E-state index >= 15 is 0 Å². The Balaban J connectivity index is 4.77. The Morgan fingerprint density at radius 1 is 1.29 bits per heavy atom. The molecule has 0 aliphatic rings. The minimum atomic E-state index is -4.23. The zero-order chi connectivity index (χ0) is 16.7. The van der Waals surface area contributed by atoms with Gasteiger partial charge in [0.1, 0.15) is 5.54 Å². The van der Waals surface area contributed by atoms with E-state index in [0.29, 0.717) is 0 Å². The fourth-order valence-electron chi connectivity index (χ4n) is 2.14. The second-order valence-electron chi connectivity index (χ2n) is 5.59. The number of hydrogen-bond donors (Lipinski definition) is 1. The second-order valence-corrected chi connectivity index (χ2v) is 5.59. The molecule has 0 aromatic heterocycles. The van der Waals surface area contributed by atoms with Crippen molar-refractivity contribution < 1.29 is 22.7 Å². The Bertz CT molecular complexity index is 322. The van der Waals surface area contributed by atoms with Crippen LogP contribution < -0.4 is 5.32 Å². The van der Waals surface area contributed by atoms with Gasteiger partial charge in [0, 0.05) is 12.6 Å². The number of carbonyl (C=O) groups is 1. The van der Waals surface area contributed by atoms with Gasteiger partial charge in [0.25, 0.3) is 0 Å². The topological polar surface area (TPSA) is 41.6 Å². The average Bonchev–Trinajstić information content (AvgIpc) is 2.32. The van der Waals surface area contributed by atoms with Gasteiger partial charge in [0.15, 0.2) is 0 Å². The Hall–Kier alpha value is -0.820. The number of nitrogens with zero attached hydrogens (tertiary/aromatic N) is 1. The SMILES string of the molecule is CCOC(=O)C(C)(CCN(CC)CC(F)(F)F)NC(C)C. The standard InChI is InChI=1S/C14H27F3N2O2/c1-6-19(10-14(15,16)17)9-8-13(5,18-11(3)4)12(20)21-7-2/h11,18H,6-10H2,1-5H3. The molecular weight excluding hydrogens is 285 g/mol. The maximum Gasteiger partial charge on any atom is 0.401 e. The molecule has 21 heavy (non-hydrogen) atoms. The summed E-state index contributed by atoms with van der Waals surface area (Å²) in [6.07, 6.45) is -3.98. The van der Waals surface area contributed by atoms with Gasteiger partial charge in [-0.05, 0) is 40.7 Å². The number of carbonyl (C=O) groups excluding carboxylic acids is 1. The quantitative estimate of drug-likeness (QED) is 0.665. The summed E-state index contributed by atoms with van der Waals surface area (Å²) < 4.78 is 42.4. The number of hydrogen-bond acceptors (Lipinski definition) is 4. The number of esters is 1. The van der Waals surface area contributed by atoms with Crippen LogP contribution in [-0.2, 0) is 9.53 Å². The van der Waals surface area contributed by atoms with Crippen molar-refractivity contribution in [1.29, 1.82) is 0 Å². The summed E-state index contributed by atoms with van der Waals surface area (Å²) >= 11 is 0. The van der Waals surface area contributed by atoms with Gasteiger partial charge < -0.3 is 4.74 Å². The molecule has 4 nitrogen and oxygen atoms in total. The number of nitrogens with one attached hydrogen (secondary N) is 1. The van der Waals surface area contributed by atoms with E-state index < -0.39 is 24.2 Å². The summed E-state index contributed by atoms with van der Waals surface area (Å²) in [4.78, 5) is 13.3. The van der Waals surface area contributed by atoms with Crippen molar-refractivity contribution in [3.05, 3.63) is 0 Å². The molecule has 0 aromatic carbocycles. The molecule has 126 valence electrons. The molecule has 0 radical (unpaired) electrons. The average molecular weight is 312 g/mol. The van der Waals surface area contributed by atoms with Crippen LogP contribution >= 0.6 is 0 Å². The maximum absolute atomic E-state index is 12.5. The number of ether oxygens (including phenoxy) is 1. The van der Waals surface area contributed by atoms with Crippen LogP contribution in [0.2, 0.25) is 0 Å². The van der Waals surface area contributed by atoms with Gasteiger partial charge in [-0.25, -0.2) is 0 Å². The lowest BCUT2D eigenvalue weighted by molar-refractivity contribution is -0.153. The molecule has 0 aliphatic heterocycles. The van der Waals surface area contributed by atoms with Gasteiger partial charge in [-0.15, -0.1) is 0 Å². The van der Waals surface area contributed by atoms with Crippen LogP contribution in [0.25, 0.3) is 0 Å². The molecule has 0 amide bonds. The summed E-state index contributed by atoms with van der Waals surface area (Å²) in [5, 5.41) is 3.10. The molecule has 0 fully saturated rings. The van der Waals surface area contributed by atoms with Gasteiger partial charge >= 0.3 is 12.1 Å². The molecule has 0 saturated carbocycles. The van der Waals surface area contributed by atoms with E-state index in [4.69, 9.17) is 4.74 Å². The highest BCUT2D eigenvalue weighted by atomic mass is 19.4. The highest BCUT2D eigenvalue weighted by Gasteiger charge is 2.36. The third-order valence-electron chi connectivity index (χ3n) is 3.11. The number of rotatable bonds is 9. The van der Waals surface area contributed by atoms with Crippen molar-refractivity contribution in [1.82, 2.24) is 10.2 Å². The van der Waals surface area contributed by atoms with E-state index in [1.54, 1.807) is 20.8 Å². The third kappa shape index (κ3) is 8.26. The van der Waals surface area contributed by atoms with Crippen LogP contribution in [-0.4, -0.2) is 54.9 Å². The minimum Gasteiger partial charge on any atom is -0.465 e. The summed E-state index contributed by atoms with van der Waals surface area (Å²) in [5.74, 6) is -0.429. The van der Waals surface area contributed by atoms with Crippen molar-refractivity contribution in [3.8, 4) is 0 Å². The van der Waals surface area contributed by atoms with Crippen molar-refractivity contribution >= 4 is 5.97 Å². The molecule has 0 spiro atoms. The number of alkyl halides is 3. The van der Waals surface area contributed by atoms with E-state index in [-0.39, 0.29) is 32.2 Å². The van der Waals surface area contributed by atoms with E-state index in [1.807, 2.05) is 13.8 Å². The lowest BCUT2D eigenvalue weighted by Crippen LogP contribution is -2.55. The molecule has 1 atom stereocenters. The Labute approximate surface area is 125 Å². The fraction of sp³-hybridized carbons (Fsp3) is 0.929. The highest BCUT2D eigenvalue weighted by Crippen LogP contribution is 2.19. The Morgan fingerprint density at radius 2 is 1.86 bits per heavy atom. The van der Waals surface area contributed by atoms with Crippen molar-refractivity contribution in [3.63, 3.8) is 0 Å².